The van der Waals surface area contributed by atoms with Gasteiger partial charge in [0, 0.05) is 25.7 Å². The van der Waals surface area contributed by atoms with E-state index < -0.39 is 97.5 Å². The van der Waals surface area contributed by atoms with Crippen molar-refractivity contribution >= 4 is 39.5 Å². The van der Waals surface area contributed by atoms with E-state index >= 15 is 0 Å². The van der Waals surface area contributed by atoms with E-state index in [2.05, 4.69) is 55.4 Å². The monoisotopic (exact) mass is 1540 g/mol. The van der Waals surface area contributed by atoms with Gasteiger partial charge in [-0.3, -0.25) is 37.3 Å². The topological polar surface area (TPSA) is 237 Å². The molecule has 0 aliphatic rings. The van der Waals surface area contributed by atoms with Crippen LogP contribution in [0.5, 0.6) is 0 Å². The number of hydrogen-bond donors (Lipinski definition) is 3. The summed E-state index contributed by atoms with van der Waals surface area (Å²) in [6.45, 7) is 14.3. The average Bonchev–Trinajstić information content (AvgIpc) is 0.917. The number of unbranched alkanes of at least 4 members (excludes halogenated alkanes) is 48. The number of aliphatic hydroxyl groups excluding tert-OH is 1. The van der Waals surface area contributed by atoms with Crippen LogP contribution in [-0.2, 0) is 65.4 Å². The quantitative estimate of drug-likeness (QED) is 0.0222. The summed E-state index contributed by atoms with van der Waals surface area (Å²) in [5.41, 5.74) is 0. The molecule has 0 heterocycles. The maximum atomic E-state index is 13.1. The highest BCUT2D eigenvalue weighted by Gasteiger charge is 2.31. The highest BCUT2D eigenvalue weighted by Crippen LogP contribution is 2.45. The number of phosphoric acid groups is 2. The summed E-state index contributed by atoms with van der Waals surface area (Å²) in [5, 5.41) is 10.7. The van der Waals surface area contributed by atoms with E-state index in [-0.39, 0.29) is 25.7 Å². The number of rotatable bonds is 83. The van der Waals surface area contributed by atoms with E-state index in [9.17, 15) is 43.2 Å². The van der Waals surface area contributed by atoms with Crippen molar-refractivity contribution in [3.05, 3.63) is 0 Å². The van der Waals surface area contributed by atoms with Gasteiger partial charge in [0.15, 0.2) is 12.2 Å². The van der Waals surface area contributed by atoms with Crippen LogP contribution in [0.2, 0.25) is 0 Å². The molecule has 0 rings (SSSR count). The zero-order valence-electron chi connectivity index (χ0n) is 69.4. The van der Waals surface area contributed by atoms with Gasteiger partial charge in [0.1, 0.15) is 19.3 Å². The fourth-order valence-electron chi connectivity index (χ4n) is 13.3. The molecule has 17 nitrogen and oxygen atoms in total. The number of carbonyl (C=O) groups excluding carboxylic acids is 4. The molecule has 0 fully saturated rings. The summed E-state index contributed by atoms with van der Waals surface area (Å²) in [7, 11) is -9.93. The van der Waals surface area contributed by atoms with Crippen molar-refractivity contribution in [2.24, 2.45) is 23.7 Å². The third-order valence-corrected chi connectivity index (χ3v) is 22.3. The highest BCUT2D eigenvalue weighted by atomic mass is 31.2. The molecular weight excluding hydrogens is 1370 g/mol. The summed E-state index contributed by atoms with van der Waals surface area (Å²) < 4.78 is 68.8. The van der Waals surface area contributed by atoms with E-state index in [0.29, 0.717) is 31.6 Å². The van der Waals surface area contributed by atoms with Crippen molar-refractivity contribution in [2.45, 2.75) is 465 Å². The predicted octanol–water partition coefficient (Wildman–Crippen LogP) is 25.9. The minimum absolute atomic E-state index is 0.107. The lowest BCUT2D eigenvalue weighted by atomic mass is 9.99. The van der Waals surface area contributed by atoms with Crippen molar-refractivity contribution in [3.8, 4) is 0 Å². The summed E-state index contributed by atoms with van der Waals surface area (Å²) in [4.78, 5) is 73.1. The van der Waals surface area contributed by atoms with Gasteiger partial charge in [-0.2, -0.15) is 0 Å². The second-order valence-electron chi connectivity index (χ2n) is 32.6. The van der Waals surface area contributed by atoms with Gasteiger partial charge >= 0.3 is 39.5 Å². The molecule has 3 N–H and O–H groups in total. The smallest absolute Gasteiger partial charge is 0.462 e. The van der Waals surface area contributed by atoms with Gasteiger partial charge in [0.25, 0.3) is 0 Å². The number of phosphoric ester groups is 2. The standard InChI is InChI=1S/C86H168O17P2/c1-9-79(8)65-57-49-41-33-27-23-19-15-11-13-17-21-25-29-35-44-53-61-69-86(91)103-82(73-97-84(89)67-59-51-45-37-40-48-56-64-78(6)7)75-101-105(94,95)99-71-80(87)70-98-104(92,93)100-74-81(72-96-83(88)66-58-50-42-36-30-32-39-47-55-63-77(4)5)102-85(90)68-60-52-43-34-28-24-20-16-12-10-14-18-22-26-31-38-46-54-62-76(2)3/h76-82,87H,9-75H2,1-8H3,(H,92,93)(H,94,95)/t79?,80?,81-,82-/m1/s1. The lowest BCUT2D eigenvalue weighted by Crippen LogP contribution is -2.30. The first-order chi connectivity index (χ1) is 50.6. The third kappa shape index (κ3) is 78.5. The van der Waals surface area contributed by atoms with E-state index in [1.54, 1.807) is 0 Å². The molecule has 0 spiro atoms. The number of hydrogen-bond acceptors (Lipinski definition) is 15. The van der Waals surface area contributed by atoms with E-state index in [4.69, 9.17) is 37.0 Å². The molecule has 19 heteroatoms. The number of ether oxygens (including phenoxy) is 4. The summed E-state index contributed by atoms with van der Waals surface area (Å²) in [5.74, 6) is 1.03. The minimum Gasteiger partial charge on any atom is -0.462 e. The molecule has 624 valence electrons. The SMILES string of the molecule is CCC(C)CCCCCCCCCCCCCCCCCCCCC(=O)O[C@H](COC(=O)CCCCCCCCCC(C)C)COP(=O)(O)OCC(O)COP(=O)(O)OC[C@@H](COC(=O)CCCCCCCCCCCC(C)C)OC(=O)CCCCCCCCCCCCCCCCCCCCC(C)C. The highest BCUT2D eigenvalue weighted by molar-refractivity contribution is 7.47. The first-order valence-corrected chi connectivity index (χ1v) is 47.2. The van der Waals surface area contributed by atoms with Crippen LogP contribution in [0.25, 0.3) is 0 Å². The lowest BCUT2D eigenvalue weighted by molar-refractivity contribution is -0.161. The van der Waals surface area contributed by atoms with Crippen molar-refractivity contribution < 1.29 is 80.2 Å². The Morgan fingerprint density at radius 3 is 0.676 bits per heavy atom. The van der Waals surface area contributed by atoms with Crippen LogP contribution >= 0.6 is 15.6 Å². The Balaban J connectivity index is 5.16. The Hall–Kier alpha value is -1.94. The van der Waals surface area contributed by atoms with E-state index in [1.165, 1.54) is 244 Å². The predicted molar refractivity (Wildman–Crippen MR) is 432 cm³/mol. The zero-order valence-corrected chi connectivity index (χ0v) is 71.2. The molecule has 0 aromatic rings. The van der Waals surface area contributed by atoms with Crippen LogP contribution in [0.15, 0.2) is 0 Å². The van der Waals surface area contributed by atoms with Gasteiger partial charge in [-0.05, 0) is 49.4 Å². The molecule has 4 unspecified atom stereocenters. The molecule has 0 aromatic heterocycles. The Morgan fingerprint density at radius 1 is 0.267 bits per heavy atom. The number of esters is 4. The van der Waals surface area contributed by atoms with Crippen molar-refractivity contribution in [1.29, 1.82) is 0 Å². The fraction of sp³-hybridized carbons (Fsp3) is 0.953. The first-order valence-electron chi connectivity index (χ1n) is 44.2. The van der Waals surface area contributed by atoms with Crippen LogP contribution in [0, 0.1) is 23.7 Å². The van der Waals surface area contributed by atoms with Crippen molar-refractivity contribution in [3.63, 3.8) is 0 Å². The molecule has 105 heavy (non-hydrogen) atoms. The van der Waals surface area contributed by atoms with Gasteiger partial charge in [-0.1, -0.05) is 396 Å². The maximum absolute atomic E-state index is 13.1. The third-order valence-electron chi connectivity index (χ3n) is 20.4. The first kappa shape index (κ1) is 103. The van der Waals surface area contributed by atoms with Crippen LogP contribution in [0.3, 0.4) is 0 Å². The van der Waals surface area contributed by atoms with Crippen molar-refractivity contribution in [1.82, 2.24) is 0 Å². The van der Waals surface area contributed by atoms with Crippen LogP contribution in [0.1, 0.15) is 447 Å². The summed E-state index contributed by atoms with van der Waals surface area (Å²) >= 11 is 0. The van der Waals surface area contributed by atoms with E-state index in [1.807, 2.05) is 0 Å². The molecule has 0 aromatic carbocycles. The molecule has 0 aliphatic heterocycles. The minimum atomic E-state index is -4.96. The van der Waals surface area contributed by atoms with Crippen LogP contribution in [0.4, 0.5) is 0 Å². The Kier molecular flexibility index (Phi) is 73.4. The van der Waals surface area contributed by atoms with Gasteiger partial charge < -0.3 is 33.8 Å². The van der Waals surface area contributed by atoms with Gasteiger partial charge in [0.05, 0.1) is 26.4 Å². The van der Waals surface area contributed by atoms with Gasteiger partial charge in [0.2, 0.25) is 0 Å². The van der Waals surface area contributed by atoms with Gasteiger partial charge in [-0.25, -0.2) is 9.13 Å². The van der Waals surface area contributed by atoms with Crippen LogP contribution < -0.4 is 0 Å². The lowest BCUT2D eigenvalue weighted by Gasteiger charge is -2.21. The second-order valence-corrected chi connectivity index (χ2v) is 35.5. The molecule has 0 amide bonds. The Bertz CT molecular complexity index is 2040. The molecular formula is C86H168O17P2. The largest absolute Gasteiger partial charge is 0.472 e. The number of carbonyl (C=O) groups is 4. The summed E-state index contributed by atoms with van der Waals surface area (Å²) in [6.07, 6.45) is 64.1. The molecule has 6 atom stereocenters. The average molecular weight is 1540 g/mol. The zero-order chi connectivity index (χ0) is 77.4. The van der Waals surface area contributed by atoms with Crippen molar-refractivity contribution in [2.75, 3.05) is 39.6 Å². The van der Waals surface area contributed by atoms with E-state index in [0.717, 1.165) is 114 Å². The maximum Gasteiger partial charge on any atom is 0.472 e. The second kappa shape index (κ2) is 74.8. The number of aliphatic hydroxyl groups is 1. The normalized spacial score (nSPS) is 14.2. The Morgan fingerprint density at radius 2 is 0.457 bits per heavy atom. The van der Waals surface area contributed by atoms with Gasteiger partial charge in [-0.15, -0.1) is 0 Å². The summed E-state index contributed by atoms with van der Waals surface area (Å²) in [6, 6.07) is 0. The molecule has 0 saturated carbocycles. The molecule has 0 radical (unpaired) electrons. The molecule has 0 aliphatic carbocycles. The Labute approximate surface area is 645 Å². The molecule has 0 bridgehead atoms. The molecule has 0 saturated heterocycles. The fourth-order valence-corrected chi connectivity index (χ4v) is 14.9. The van der Waals surface area contributed by atoms with Crippen LogP contribution in [-0.4, -0.2) is 96.7 Å².